The molecular weight excluding hydrogens is 368 g/mol. The Bertz CT molecular complexity index is 1090. The predicted molar refractivity (Wildman–Crippen MR) is 114 cm³/mol. The van der Waals surface area contributed by atoms with Crippen molar-refractivity contribution in [3.63, 3.8) is 0 Å². The first-order chi connectivity index (χ1) is 13.6. The molecule has 3 aromatic carbocycles. The zero-order valence-corrected chi connectivity index (χ0v) is 16.6. The summed E-state index contributed by atoms with van der Waals surface area (Å²) in [6.07, 6.45) is 1.89. The lowest BCUT2D eigenvalue weighted by molar-refractivity contribution is 0.306. The van der Waals surface area contributed by atoms with Gasteiger partial charge >= 0.3 is 0 Å². The van der Waals surface area contributed by atoms with Crippen LogP contribution in [0, 0.1) is 13.8 Å². The average molecular weight is 389 g/mol. The highest BCUT2D eigenvalue weighted by Crippen LogP contribution is 2.30. The minimum atomic E-state index is 0.557. The molecule has 0 atom stereocenters. The standard InChI is InChI=1S/C24H21ClN2O/c1-17-14-21(25)10-13-23(17)27-24(18(2)15-26-27)20-8-11-22(12-9-20)28-16-19-6-4-3-5-7-19/h3-15H,16H2,1-2H3. The Labute approximate surface area is 170 Å². The summed E-state index contributed by atoms with van der Waals surface area (Å²) < 4.78 is 7.88. The molecule has 28 heavy (non-hydrogen) atoms. The molecule has 0 aliphatic rings. The van der Waals surface area contributed by atoms with Crippen LogP contribution in [0.5, 0.6) is 5.75 Å². The summed E-state index contributed by atoms with van der Waals surface area (Å²) in [5, 5.41) is 5.32. The second-order valence-electron chi connectivity index (χ2n) is 6.82. The highest BCUT2D eigenvalue weighted by Gasteiger charge is 2.13. The molecule has 0 radical (unpaired) electrons. The molecule has 0 aliphatic carbocycles. The van der Waals surface area contributed by atoms with Gasteiger partial charge in [0.2, 0.25) is 0 Å². The fourth-order valence-electron chi connectivity index (χ4n) is 3.27. The number of nitrogens with zero attached hydrogens (tertiary/aromatic N) is 2. The van der Waals surface area contributed by atoms with Crippen molar-refractivity contribution >= 4 is 11.6 Å². The van der Waals surface area contributed by atoms with Crippen LogP contribution in [0.1, 0.15) is 16.7 Å². The molecular formula is C24H21ClN2O. The molecule has 0 saturated carbocycles. The Balaban J connectivity index is 1.60. The van der Waals surface area contributed by atoms with Gasteiger partial charge in [0.25, 0.3) is 0 Å². The molecule has 0 amide bonds. The van der Waals surface area contributed by atoms with Crippen molar-refractivity contribution in [3.05, 3.63) is 101 Å². The number of rotatable bonds is 5. The van der Waals surface area contributed by atoms with E-state index in [1.165, 1.54) is 0 Å². The normalized spacial score (nSPS) is 10.8. The van der Waals surface area contributed by atoms with Crippen molar-refractivity contribution in [2.45, 2.75) is 20.5 Å². The number of aromatic nitrogens is 2. The van der Waals surface area contributed by atoms with E-state index in [-0.39, 0.29) is 0 Å². The Hall–Kier alpha value is -3.04. The van der Waals surface area contributed by atoms with Crippen molar-refractivity contribution in [1.29, 1.82) is 0 Å². The maximum absolute atomic E-state index is 6.11. The van der Waals surface area contributed by atoms with E-state index < -0.39 is 0 Å². The first-order valence-electron chi connectivity index (χ1n) is 9.20. The number of ether oxygens (including phenoxy) is 1. The summed E-state index contributed by atoms with van der Waals surface area (Å²) in [7, 11) is 0. The Kier molecular flexibility index (Phi) is 5.18. The lowest BCUT2D eigenvalue weighted by atomic mass is 10.1. The van der Waals surface area contributed by atoms with Crippen LogP contribution in [-0.4, -0.2) is 9.78 Å². The molecule has 1 aromatic heterocycles. The Morgan fingerprint density at radius 1 is 0.893 bits per heavy atom. The van der Waals surface area contributed by atoms with Gasteiger partial charge in [-0.1, -0.05) is 41.9 Å². The van der Waals surface area contributed by atoms with Crippen LogP contribution in [0.25, 0.3) is 16.9 Å². The third-order valence-corrected chi connectivity index (χ3v) is 4.95. The topological polar surface area (TPSA) is 27.1 Å². The van der Waals surface area contributed by atoms with Gasteiger partial charge in [-0.05, 0) is 73.0 Å². The Morgan fingerprint density at radius 3 is 2.36 bits per heavy atom. The van der Waals surface area contributed by atoms with E-state index >= 15 is 0 Å². The fraction of sp³-hybridized carbons (Fsp3) is 0.125. The number of hydrogen-bond acceptors (Lipinski definition) is 2. The average Bonchev–Trinajstić information content (AvgIpc) is 3.09. The number of halogens is 1. The van der Waals surface area contributed by atoms with E-state index in [9.17, 15) is 0 Å². The molecule has 140 valence electrons. The molecule has 0 bridgehead atoms. The molecule has 0 fully saturated rings. The second kappa shape index (κ2) is 7.91. The molecule has 0 spiro atoms. The van der Waals surface area contributed by atoms with Crippen LogP contribution in [-0.2, 0) is 6.61 Å². The van der Waals surface area contributed by atoms with Gasteiger partial charge in [0, 0.05) is 10.6 Å². The zero-order valence-electron chi connectivity index (χ0n) is 15.9. The second-order valence-corrected chi connectivity index (χ2v) is 7.25. The van der Waals surface area contributed by atoms with Gasteiger partial charge in [0.15, 0.2) is 0 Å². The summed E-state index contributed by atoms with van der Waals surface area (Å²) in [6, 6.07) is 24.2. The lowest BCUT2D eigenvalue weighted by Gasteiger charge is -2.13. The smallest absolute Gasteiger partial charge is 0.119 e. The van der Waals surface area contributed by atoms with Gasteiger partial charge in [-0.3, -0.25) is 0 Å². The van der Waals surface area contributed by atoms with Crippen LogP contribution in [0.15, 0.2) is 79.0 Å². The summed E-state index contributed by atoms with van der Waals surface area (Å²) in [6.45, 7) is 4.67. The summed E-state index contributed by atoms with van der Waals surface area (Å²) in [5.41, 5.74) is 6.54. The maximum atomic E-state index is 6.11. The van der Waals surface area contributed by atoms with Crippen LogP contribution in [0.3, 0.4) is 0 Å². The molecule has 0 saturated heterocycles. The van der Waals surface area contributed by atoms with Crippen molar-refractivity contribution in [2.75, 3.05) is 0 Å². The third kappa shape index (κ3) is 3.80. The van der Waals surface area contributed by atoms with Gasteiger partial charge in [0.1, 0.15) is 12.4 Å². The number of hydrogen-bond donors (Lipinski definition) is 0. The minimum Gasteiger partial charge on any atom is -0.489 e. The molecule has 4 aromatic rings. The maximum Gasteiger partial charge on any atom is 0.119 e. The summed E-state index contributed by atoms with van der Waals surface area (Å²) in [5.74, 6) is 0.846. The fourth-order valence-corrected chi connectivity index (χ4v) is 3.50. The van der Waals surface area contributed by atoms with Crippen LogP contribution in [0.2, 0.25) is 5.02 Å². The lowest BCUT2D eigenvalue weighted by Crippen LogP contribution is -2.02. The van der Waals surface area contributed by atoms with E-state index in [1.807, 2.05) is 66.3 Å². The number of benzene rings is 3. The van der Waals surface area contributed by atoms with E-state index in [2.05, 4.69) is 36.3 Å². The third-order valence-electron chi connectivity index (χ3n) is 4.72. The van der Waals surface area contributed by atoms with Crippen molar-refractivity contribution in [2.24, 2.45) is 0 Å². The van der Waals surface area contributed by atoms with Gasteiger partial charge in [0.05, 0.1) is 17.6 Å². The van der Waals surface area contributed by atoms with E-state index in [0.717, 1.165) is 44.4 Å². The molecule has 0 unspecified atom stereocenters. The monoisotopic (exact) mass is 388 g/mol. The molecule has 3 nitrogen and oxygen atoms in total. The van der Waals surface area contributed by atoms with Crippen LogP contribution < -0.4 is 4.74 Å². The van der Waals surface area contributed by atoms with Crippen LogP contribution in [0.4, 0.5) is 0 Å². The van der Waals surface area contributed by atoms with Crippen molar-refractivity contribution in [1.82, 2.24) is 9.78 Å². The van der Waals surface area contributed by atoms with Crippen molar-refractivity contribution in [3.8, 4) is 22.7 Å². The molecule has 0 aliphatic heterocycles. The van der Waals surface area contributed by atoms with Crippen molar-refractivity contribution < 1.29 is 4.74 Å². The van der Waals surface area contributed by atoms with E-state index in [1.54, 1.807) is 0 Å². The first-order valence-corrected chi connectivity index (χ1v) is 9.58. The molecule has 4 heteroatoms. The quantitative estimate of drug-likeness (QED) is 0.396. The number of aryl methyl sites for hydroxylation is 2. The molecule has 1 heterocycles. The van der Waals surface area contributed by atoms with Gasteiger partial charge < -0.3 is 4.74 Å². The van der Waals surface area contributed by atoms with E-state index in [0.29, 0.717) is 6.61 Å². The minimum absolute atomic E-state index is 0.557. The van der Waals surface area contributed by atoms with Gasteiger partial charge in [-0.2, -0.15) is 5.10 Å². The highest BCUT2D eigenvalue weighted by molar-refractivity contribution is 6.30. The SMILES string of the molecule is Cc1cc(Cl)ccc1-n1ncc(C)c1-c1ccc(OCc2ccccc2)cc1. The van der Waals surface area contributed by atoms with E-state index in [4.69, 9.17) is 16.3 Å². The molecule has 4 rings (SSSR count). The summed E-state index contributed by atoms with van der Waals surface area (Å²) >= 11 is 6.11. The van der Waals surface area contributed by atoms with Gasteiger partial charge in [-0.25, -0.2) is 4.68 Å². The largest absolute Gasteiger partial charge is 0.489 e. The zero-order chi connectivity index (χ0) is 19.5. The first kappa shape index (κ1) is 18.3. The molecule has 0 N–H and O–H groups in total. The Morgan fingerprint density at radius 2 is 1.64 bits per heavy atom. The predicted octanol–water partition coefficient (Wildman–Crippen LogP) is 6.39. The van der Waals surface area contributed by atoms with Crippen LogP contribution >= 0.6 is 11.6 Å². The summed E-state index contributed by atoms with van der Waals surface area (Å²) in [4.78, 5) is 0. The van der Waals surface area contributed by atoms with Gasteiger partial charge in [-0.15, -0.1) is 0 Å². The highest BCUT2D eigenvalue weighted by atomic mass is 35.5.